The Hall–Kier alpha value is -4.33. The van der Waals surface area contributed by atoms with Crippen LogP contribution in [0.15, 0.2) is 89.8 Å². The lowest BCUT2D eigenvalue weighted by molar-refractivity contribution is 0.0916. The van der Waals surface area contributed by atoms with Crippen LogP contribution in [-0.2, 0) is 6.42 Å². The van der Waals surface area contributed by atoms with Gasteiger partial charge in [-0.25, -0.2) is 9.97 Å². The number of furan rings is 1. The SMILES string of the molecule is O=C(CN(C(=O)c1cccnc1F)c1ccccn1)c1occc1OCCCc1ccccc1. The lowest BCUT2D eigenvalue weighted by Crippen LogP contribution is -2.37. The molecule has 4 aromatic rings. The topological polar surface area (TPSA) is 85.5 Å². The van der Waals surface area contributed by atoms with Crippen LogP contribution in [0.1, 0.15) is 32.9 Å². The summed E-state index contributed by atoms with van der Waals surface area (Å²) in [5, 5.41) is 0. The van der Waals surface area contributed by atoms with Crippen LogP contribution in [0.25, 0.3) is 0 Å². The predicted octanol–water partition coefficient (Wildman–Crippen LogP) is 4.75. The number of halogens is 1. The van der Waals surface area contributed by atoms with Crippen molar-refractivity contribution in [2.45, 2.75) is 12.8 Å². The molecule has 0 aliphatic carbocycles. The fourth-order valence-corrected chi connectivity index (χ4v) is 3.39. The number of pyridine rings is 2. The summed E-state index contributed by atoms with van der Waals surface area (Å²) in [4.78, 5) is 34.9. The van der Waals surface area contributed by atoms with Gasteiger partial charge in [-0.15, -0.1) is 0 Å². The fraction of sp³-hybridized carbons (Fsp3) is 0.154. The number of carbonyl (C=O) groups excluding carboxylic acids is 2. The number of amides is 1. The van der Waals surface area contributed by atoms with Gasteiger partial charge in [0.15, 0.2) is 5.75 Å². The normalized spacial score (nSPS) is 10.6. The Bertz CT molecular complexity index is 1250. The second-order valence-corrected chi connectivity index (χ2v) is 7.40. The summed E-state index contributed by atoms with van der Waals surface area (Å²) in [5.74, 6) is -1.71. The number of ketones is 1. The van der Waals surface area contributed by atoms with E-state index in [1.54, 1.807) is 24.3 Å². The van der Waals surface area contributed by atoms with Crippen LogP contribution in [0.4, 0.5) is 10.2 Å². The maximum Gasteiger partial charge on any atom is 0.264 e. The molecule has 172 valence electrons. The van der Waals surface area contributed by atoms with E-state index in [2.05, 4.69) is 9.97 Å². The first-order valence-electron chi connectivity index (χ1n) is 10.7. The molecule has 0 saturated carbocycles. The van der Waals surface area contributed by atoms with Gasteiger partial charge in [0.1, 0.15) is 5.82 Å². The highest BCUT2D eigenvalue weighted by atomic mass is 19.1. The van der Waals surface area contributed by atoms with Crippen molar-refractivity contribution in [3.8, 4) is 5.75 Å². The average Bonchev–Trinajstić information content (AvgIpc) is 3.35. The molecule has 0 aliphatic rings. The van der Waals surface area contributed by atoms with E-state index in [9.17, 15) is 14.0 Å². The quantitative estimate of drug-likeness (QED) is 0.193. The van der Waals surface area contributed by atoms with E-state index in [0.29, 0.717) is 12.4 Å². The van der Waals surface area contributed by atoms with Crippen molar-refractivity contribution >= 4 is 17.5 Å². The molecule has 3 aromatic heterocycles. The number of rotatable bonds is 10. The van der Waals surface area contributed by atoms with Crippen molar-refractivity contribution in [1.29, 1.82) is 0 Å². The van der Waals surface area contributed by atoms with Crippen molar-refractivity contribution < 1.29 is 23.1 Å². The number of ether oxygens (including phenoxy) is 1. The summed E-state index contributed by atoms with van der Waals surface area (Å²) in [5.41, 5.74) is 0.930. The van der Waals surface area contributed by atoms with Crippen LogP contribution in [0.5, 0.6) is 5.75 Å². The van der Waals surface area contributed by atoms with Gasteiger partial charge in [-0.05, 0) is 42.7 Å². The molecule has 0 atom stereocenters. The molecule has 1 amide bonds. The Morgan fingerprint density at radius 2 is 1.74 bits per heavy atom. The minimum atomic E-state index is -0.929. The minimum Gasteiger partial charge on any atom is -0.489 e. The molecule has 3 heterocycles. The molecule has 7 nitrogen and oxygen atoms in total. The zero-order valence-electron chi connectivity index (χ0n) is 18.3. The Labute approximate surface area is 195 Å². The van der Waals surface area contributed by atoms with Crippen molar-refractivity contribution in [3.63, 3.8) is 0 Å². The monoisotopic (exact) mass is 459 g/mol. The smallest absolute Gasteiger partial charge is 0.264 e. The number of nitrogens with zero attached hydrogens (tertiary/aromatic N) is 3. The highest BCUT2D eigenvalue weighted by molar-refractivity contribution is 6.10. The Morgan fingerprint density at radius 3 is 2.50 bits per heavy atom. The number of carbonyl (C=O) groups is 2. The highest BCUT2D eigenvalue weighted by Gasteiger charge is 2.27. The summed E-state index contributed by atoms with van der Waals surface area (Å²) < 4.78 is 25.3. The maximum atomic E-state index is 14.2. The van der Waals surface area contributed by atoms with Gasteiger partial charge in [-0.1, -0.05) is 36.4 Å². The van der Waals surface area contributed by atoms with Crippen LogP contribution in [0.3, 0.4) is 0 Å². The first-order chi connectivity index (χ1) is 16.6. The minimum absolute atomic E-state index is 0.0138. The number of benzene rings is 1. The lowest BCUT2D eigenvalue weighted by atomic mass is 10.1. The standard InChI is InChI=1S/C26H22FN3O4/c27-25-20(11-6-15-29-25)26(32)30(23-12-4-5-14-28-23)18-21(31)24-22(13-17-34-24)33-16-7-10-19-8-2-1-3-9-19/h1-6,8-9,11-15,17H,7,10,16,18H2. The summed E-state index contributed by atoms with van der Waals surface area (Å²) in [7, 11) is 0. The number of Topliss-reactive ketones (excluding diaryl/α,β-unsaturated/α-hetero) is 1. The summed E-state index contributed by atoms with van der Waals surface area (Å²) in [6, 6.07) is 19.2. The van der Waals surface area contributed by atoms with E-state index in [4.69, 9.17) is 9.15 Å². The van der Waals surface area contributed by atoms with Gasteiger partial charge in [0.25, 0.3) is 5.91 Å². The second kappa shape index (κ2) is 11.0. The maximum absolute atomic E-state index is 14.2. The molecule has 0 N–H and O–H groups in total. The molecular formula is C26H22FN3O4. The van der Waals surface area contributed by atoms with Crippen LogP contribution < -0.4 is 9.64 Å². The molecule has 1 aromatic carbocycles. The summed E-state index contributed by atoms with van der Waals surface area (Å²) in [6.45, 7) is -0.0312. The summed E-state index contributed by atoms with van der Waals surface area (Å²) in [6.07, 6.45) is 5.66. The zero-order valence-corrected chi connectivity index (χ0v) is 18.3. The van der Waals surface area contributed by atoms with Crippen molar-refractivity contribution in [3.05, 3.63) is 108 Å². The molecule has 0 saturated heterocycles. The van der Waals surface area contributed by atoms with E-state index < -0.39 is 24.2 Å². The Balaban J connectivity index is 1.46. The van der Waals surface area contributed by atoms with Gasteiger partial charge in [-0.3, -0.25) is 14.5 Å². The van der Waals surface area contributed by atoms with Crippen LogP contribution >= 0.6 is 0 Å². The molecule has 0 aliphatic heterocycles. The third-order valence-corrected chi connectivity index (χ3v) is 5.05. The molecule has 0 bridgehead atoms. The van der Waals surface area contributed by atoms with E-state index in [-0.39, 0.29) is 17.1 Å². The third-order valence-electron chi connectivity index (χ3n) is 5.05. The molecule has 0 radical (unpaired) electrons. The molecule has 0 unspecified atom stereocenters. The first kappa shape index (κ1) is 22.8. The first-order valence-corrected chi connectivity index (χ1v) is 10.7. The van der Waals surface area contributed by atoms with Crippen LogP contribution in [0.2, 0.25) is 0 Å². The van der Waals surface area contributed by atoms with E-state index in [0.717, 1.165) is 17.7 Å². The third kappa shape index (κ3) is 5.53. The molecule has 0 spiro atoms. The number of aryl methyl sites for hydroxylation is 1. The van der Waals surface area contributed by atoms with Crippen molar-refractivity contribution in [2.75, 3.05) is 18.1 Å². The number of anilines is 1. The summed E-state index contributed by atoms with van der Waals surface area (Å²) >= 11 is 0. The average molecular weight is 459 g/mol. The number of hydrogen-bond acceptors (Lipinski definition) is 6. The molecule has 8 heteroatoms. The Morgan fingerprint density at radius 1 is 0.941 bits per heavy atom. The molecule has 0 fully saturated rings. The van der Waals surface area contributed by atoms with Gasteiger partial charge >= 0.3 is 0 Å². The van der Waals surface area contributed by atoms with Crippen LogP contribution in [-0.4, -0.2) is 34.8 Å². The van der Waals surface area contributed by atoms with Crippen molar-refractivity contribution in [1.82, 2.24) is 9.97 Å². The predicted molar refractivity (Wildman–Crippen MR) is 123 cm³/mol. The zero-order chi connectivity index (χ0) is 23.8. The molecule has 4 rings (SSSR count). The van der Waals surface area contributed by atoms with Gasteiger partial charge < -0.3 is 9.15 Å². The Kier molecular flexibility index (Phi) is 7.39. The van der Waals surface area contributed by atoms with Gasteiger partial charge in [0.2, 0.25) is 17.5 Å². The van der Waals surface area contributed by atoms with Gasteiger partial charge in [-0.2, -0.15) is 4.39 Å². The molecule has 34 heavy (non-hydrogen) atoms. The van der Waals surface area contributed by atoms with E-state index in [1.165, 1.54) is 36.4 Å². The number of hydrogen-bond donors (Lipinski definition) is 0. The second-order valence-electron chi connectivity index (χ2n) is 7.40. The van der Waals surface area contributed by atoms with Crippen molar-refractivity contribution in [2.24, 2.45) is 0 Å². The highest BCUT2D eigenvalue weighted by Crippen LogP contribution is 2.23. The fourth-order valence-electron chi connectivity index (χ4n) is 3.39. The van der Waals surface area contributed by atoms with E-state index >= 15 is 0 Å². The lowest BCUT2D eigenvalue weighted by Gasteiger charge is -2.21. The van der Waals surface area contributed by atoms with Gasteiger partial charge in [0.05, 0.1) is 25.0 Å². The van der Waals surface area contributed by atoms with E-state index in [1.807, 2.05) is 30.3 Å². The molecular weight excluding hydrogens is 437 g/mol. The van der Waals surface area contributed by atoms with Gasteiger partial charge in [0, 0.05) is 18.5 Å². The largest absolute Gasteiger partial charge is 0.489 e. The number of aromatic nitrogens is 2. The van der Waals surface area contributed by atoms with Crippen LogP contribution in [0, 0.1) is 5.95 Å².